The number of hydrogen-bond donors (Lipinski definition) is 1. The minimum Gasteiger partial charge on any atom is -0.494 e. The topological polar surface area (TPSA) is 50.8 Å². The molecule has 0 radical (unpaired) electrons. The van der Waals surface area contributed by atoms with Gasteiger partial charge in [-0.2, -0.15) is 0 Å². The molecule has 0 unspecified atom stereocenters. The third-order valence-corrected chi connectivity index (χ3v) is 5.13. The summed E-state index contributed by atoms with van der Waals surface area (Å²) in [5.41, 5.74) is -0.0841. The van der Waals surface area contributed by atoms with Gasteiger partial charge in [-0.1, -0.05) is 13.3 Å². The molecule has 0 aliphatic carbocycles. The zero-order chi connectivity index (χ0) is 19.7. The largest absolute Gasteiger partial charge is 0.494 e. The number of piperidine rings is 1. The zero-order valence-corrected chi connectivity index (χ0v) is 17.4. The Kier molecular flexibility index (Phi) is 8.58. The third kappa shape index (κ3) is 7.15. The van der Waals surface area contributed by atoms with Crippen molar-refractivity contribution in [1.82, 2.24) is 4.90 Å². The van der Waals surface area contributed by atoms with E-state index >= 15 is 0 Å². The second-order valence-corrected chi connectivity index (χ2v) is 7.92. The smallest absolute Gasteiger partial charge is 0.256 e. The van der Waals surface area contributed by atoms with E-state index in [2.05, 4.69) is 17.1 Å². The van der Waals surface area contributed by atoms with Gasteiger partial charge in [0.15, 0.2) is 0 Å². The number of likely N-dealkylation sites (tertiary alicyclic amines) is 1. The highest BCUT2D eigenvalue weighted by Crippen LogP contribution is 2.19. The van der Waals surface area contributed by atoms with Crippen molar-refractivity contribution in [1.29, 1.82) is 0 Å². The molecule has 1 fully saturated rings. The van der Waals surface area contributed by atoms with Crippen molar-refractivity contribution in [2.45, 2.75) is 71.4 Å². The fourth-order valence-electron chi connectivity index (χ4n) is 3.29. The predicted molar refractivity (Wildman–Crippen MR) is 110 cm³/mol. The number of nitrogens with zero attached hydrogens (tertiary/aromatic N) is 1. The van der Waals surface area contributed by atoms with E-state index in [-0.39, 0.29) is 5.91 Å². The van der Waals surface area contributed by atoms with E-state index in [9.17, 15) is 4.79 Å². The molecule has 27 heavy (non-hydrogen) atoms. The zero-order valence-electron chi connectivity index (χ0n) is 17.4. The van der Waals surface area contributed by atoms with Crippen LogP contribution in [-0.4, -0.2) is 48.8 Å². The highest BCUT2D eigenvalue weighted by Gasteiger charge is 2.28. The minimum absolute atomic E-state index is 0.139. The Labute approximate surface area is 164 Å². The van der Waals surface area contributed by atoms with Crippen molar-refractivity contribution in [3.05, 3.63) is 24.3 Å². The van der Waals surface area contributed by atoms with Gasteiger partial charge in [0, 0.05) is 24.9 Å². The summed E-state index contributed by atoms with van der Waals surface area (Å²) in [4.78, 5) is 14.9. The predicted octanol–water partition coefficient (Wildman–Crippen LogP) is 4.47. The van der Waals surface area contributed by atoms with E-state index in [1.54, 1.807) is 13.8 Å². The van der Waals surface area contributed by atoms with Crippen LogP contribution in [0.1, 0.15) is 59.8 Å². The number of carbonyl (C=O) groups is 1. The molecule has 5 nitrogen and oxygen atoms in total. The van der Waals surface area contributed by atoms with Crippen LogP contribution in [0.25, 0.3) is 0 Å². The molecular formula is C22H36N2O3. The lowest BCUT2D eigenvalue weighted by Crippen LogP contribution is -2.40. The van der Waals surface area contributed by atoms with E-state index < -0.39 is 5.60 Å². The van der Waals surface area contributed by atoms with Crippen molar-refractivity contribution < 1.29 is 14.3 Å². The number of anilines is 1. The maximum atomic E-state index is 12.3. The first kappa shape index (κ1) is 21.7. The van der Waals surface area contributed by atoms with Gasteiger partial charge in [-0.25, -0.2) is 0 Å². The Bertz CT molecular complexity index is 571. The summed E-state index contributed by atoms with van der Waals surface area (Å²) >= 11 is 0. The lowest BCUT2D eigenvalue weighted by Gasteiger charge is -2.33. The normalized spacial score (nSPS) is 18.3. The van der Waals surface area contributed by atoms with Gasteiger partial charge in [0.2, 0.25) is 0 Å². The molecule has 1 amide bonds. The van der Waals surface area contributed by atoms with Gasteiger partial charge < -0.3 is 19.7 Å². The molecule has 152 valence electrons. The lowest BCUT2D eigenvalue weighted by atomic mass is 10.0. The first-order valence-electron chi connectivity index (χ1n) is 10.3. The average Bonchev–Trinajstić information content (AvgIpc) is 2.66. The summed E-state index contributed by atoms with van der Waals surface area (Å²) in [6.45, 7) is 11.5. The van der Waals surface area contributed by atoms with Crippen LogP contribution in [-0.2, 0) is 9.53 Å². The Hall–Kier alpha value is -1.59. The SMILES string of the molecule is CCCOC(C)(C)C(=O)Nc1ccc(OCCCN2CCCC[C@@H]2C)cc1. The average molecular weight is 377 g/mol. The molecule has 1 saturated heterocycles. The molecule has 1 N–H and O–H groups in total. The Balaban J connectivity index is 1.72. The monoisotopic (exact) mass is 376 g/mol. The molecular weight excluding hydrogens is 340 g/mol. The molecule has 1 aliphatic rings. The van der Waals surface area contributed by atoms with Crippen LogP contribution in [0.4, 0.5) is 5.69 Å². The molecule has 1 atom stereocenters. The van der Waals surface area contributed by atoms with Crippen molar-refractivity contribution in [3.63, 3.8) is 0 Å². The minimum atomic E-state index is -0.837. The van der Waals surface area contributed by atoms with Crippen LogP contribution in [0.3, 0.4) is 0 Å². The summed E-state index contributed by atoms with van der Waals surface area (Å²) in [7, 11) is 0. The maximum absolute atomic E-state index is 12.3. The fourth-order valence-corrected chi connectivity index (χ4v) is 3.29. The number of carbonyl (C=O) groups excluding carboxylic acids is 1. The molecule has 1 aliphatic heterocycles. The van der Waals surface area contributed by atoms with E-state index in [1.807, 2.05) is 31.2 Å². The van der Waals surface area contributed by atoms with Crippen LogP contribution in [0, 0.1) is 0 Å². The Morgan fingerprint density at radius 1 is 1.22 bits per heavy atom. The van der Waals surface area contributed by atoms with E-state index in [0.29, 0.717) is 19.3 Å². The van der Waals surface area contributed by atoms with Crippen molar-refractivity contribution in [2.24, 2.45) is 0 Å². The lowest BCUT2D eigenvalue weighted by molar-refractivity contribution is -0.137. The first-order chi connectivity index (χ1) is 12.9. The molecule has 1 aromatic rings. The van der Waals surface area contributed by atoms with Crippen molar-refractivity contribution in [2.75, 3.05) is 31.6 Å². The summed E-state index contributed by atoms with van der Waals surface area (Å²) in [5.74, 6) is 0.696. The Morgan fingerprint density at radius 3 is 2.63 bits per heavy atom. The number of rotatable bonds is 10. The summed E-state index contributed by atoms with van der Waals surface area (Å²) in [6, 6.07) is 8.25. The number of amides is 1. The maximum Gasteiger partial charge on any atom is 0.256 e. The van der Waals surface area contributed by atoms with Gasteiger partial charge >= 0.3 is 0 Å². The first-order valence-corrected chi connectivity index (χ1v) is 10.3. The number of ether oxygens (including phenoxy) is 2. The van der Waals surface area contributed by atoms with E-state index in [1.165, 1.54) is 25.8 Å². The second kappa shape index (κ2) is 10.7. The van der Waals surface area contributed by atoms with Gasteiger partial charge in [-0.05, 0) is 77.3 Å². The summed E-state index contributed by atoms with van der Waals surface area (Å²) in [6.07, 6.45) is 5.91. The highest BCUT2D eigenvalue weighted by atomic mass is 16.5. The van der Waals surface area contributed by atoms with Gasteiger partial charge in [-0.15, -0.1) is 0 Å². The second-order valence-electron chi connectivity index (χ2n) is 7.92. The molecule has 0 spiro atoms. The van der Waals surface area contributed by atoms with Gasteiger partial charge in [-0.3, -0.25) is 4.79 Å². The van der Waals surface area contributed by atoms with Crippen LogP contribution >= 0.6 is 0 Å². The number of hydrogen-bond acceptors (Lipinski definition) is 4. The van der Waals surface area contributed by atoms with Crippen molar-refractivity contribution in [3.8, 4) is 5.75 Å². The standard InChI is InChI=1S/C22H36N2O3/c1-5-16-27-22(3,4)21(25)23-19-10-12-20(13-11-19)26-17-8-15-24-14-7-6-9-18(24)2/h10-13,18H,5-9,14-17H2,1-4H3,(H,23,25)/t18-/m0/s1. The molecule has 1 aromatic carbocycles. The molecule has 0 saturated carbocycles. The van der Waals surface area contributed by atoms with Crippen LogP contribution < -0.4 is 10.1 Å². The molecule has 2 rings (SSSR count). The number of nitrogens with one attached hydrogen (secondary N) is 1. The molecule has 0 bridgehead atoms. The van der Waals surface area contributed by atoms with Crippen LogP contribution in [0.15, 0.2) is 24.3 Å². The van der Waals surface area contributed by atoms with E-state index in [4.69, 9.17) is 9.47 Å². The third-order valence-electron chi connectivity index (χ3n) is 5.13. The van der Waals surface area contributed by atoms with Crippen LogP contribution in [0.5, 0.6) is 5.75 Å². The quantitative estimate of drug-likeness (QED) is 0.612. The van der Waals surface area contributed by atoms with Gasteiger partial charge in [0.25, 0.3) is 5.91 Å². The highest BCUT2D eigenvalue weighted by molar-refractivity contribution is 5.96. The number of benzene rings is 1. The van der Waals surface area contributed by atoms with Crippen LogP contribution in [0.2, 0.25) is 0 Å². The van der Waals surface area contributed by atoms with Gasteiger partial charge in [0.05, 0.1) is 6.61 Å². The fraction of sp³-hybridized carbons (Fsp3) is 0.682. The molecule has 1 heterocycles. The molecule has 5 heteroatoms. The summed E-state index contributed by atoms with van der Waals surface area (Å²) in [5, 5.41) is 2.91. The van der Waals surface area contributed by atoms with Gasteiger partial charge in [0.1, 0.15) is 11.4 Å². The van der Waals surface area contributed by atoms with E-state index in [0.717, 1.165) is 30.8 Å². The Morgan fingerprint density at radius 2 is 1.96 bits per heavy atom. The summed E-state index contributed by atoms with van der Waals surface area (Å²) < 4.78 is 11.5. The molecule has 0 aromatic heterocycles. The van der Waals surface area contributed by atoms with Crippen molar-refractivity contribution >= 4 is 11.6 Å².